The average Bonchev–Trinajstić information content (AvgIpc) is 2.81. The fourth-order valence-corrected chi connectivity index (χ4v) is 3.18. The van der Waals surface area contributed by atoms with Crippen LogP contribution in [0.4, 0.5) is 0 Å². The third kappa shape index (κ3) is 2.61. The van der Waals surface area contributed by atoms with Gasteiger partial charge >= 0.3 is 0 Å². The summed E-state index contributed by atoms with van der Waals surface area (Å²) in [5.74, 6) is 1.91. The Morgan fingerprint density at radius 1 is 1.10 bits per heavy atom. The average molecular weight is 270 g/mol. The van der Waals surface area contributed by atoms with E-state index in [0.717, 1.165) is 36.6 Å². The van der Waals surface area contributed by atoms with E-state index in [2.05, 4.69) is 26.9 Å². The fourth-order valence-electron chi connectivity index (χ4n) is 3.18. The van der Waals surface area contributed by atoms with Crippen LogP contribution >= 0.6 is 0 Å². The SMILES string of the molecule is Cc1nnc(CC2(N)CCCCC2)n1-c1ccccc1. The minimum Gasteiger partial charge on any atom is -0.325 e. The van der Waals surface area contributed by atoms with Crippen molar-refractivity contribution in [1.29, 1.82) is 0 Å². The highest BCUT2D eigenvalue weighted by Crippen LogP contribution is 2.29. The number of benzene rings is 1. The lowest BCUT2D eigenvalue weighted by atomic mass is 9.80. The number of rotatable bonds is 3. The highest BCUT2D eigenvalue weighted by Gasteiger charge is 2.30. The lowest BCUT2D eigenvalue weighted by Crippen LogP contribution is -2.44. The summed E-state index contributed by atoms with van der Waals surface area (Å²) in [6.07, 6.45) is 6.76. The summed E-state index contributed by atoms with van der Waals surface area (Å²) < 4.78 is 2.13. The molecule has 2 N–H and O–H groups in total. The minimum absolute atomic E-state index is 0.107. The highest BCUT2D eigenvalue weighted by atomic mass is 15.3. The van der Waals surface area contributed by atoms with Crippen molar-refractivity contribution in [2.75, 3.05) is 0 Å². The Labute approximate surface area is 120 Å². The van der Waals surface area contributed by atoms with Crippen molar-refractivity contribution in [2.24, 2.45) is 5.73 Å². The molecule has 20 heavy (non-hydrogen) atoms. The fraction of sp³-hybridized carbons (Fsp3) is 0.500. The van der Waals surface area contributed by atoms with E-state index in [4.69, 9.17) is 5.73 Å². The summed E-state index contributed by atoms with van der Waals surface area (Å²) >= 11 is 0. The van der Waals surface area contributed by atoms with E-state index in [1.54, 1.807) is 0 Å². The molecule has 2 aromatic rings. The Morgan fingerprint density at radius 3 is 2.50 bits per heavy atom. The monoisotopic (exact) mass is 270 g/mol. The smallest absolute Gasteiger partial charge is 0.139 e. The first kappa shape index (κ1) is 13.3. The van der Waals surface area contributed by atoms with Gasteiger partial charge in [-0.2, -0.15) is 0 Å². The molecule has 1 aliphatic rings. The predicted molar refractivity (Wildman–Crippen MR) is 79.8 cm³/mol. The highest BCUT2D eigenvalue weighted by molar-refractivity contribution is 5.34. The Morgan fingerprint density at radius 2 is 1.80 bits per heavy atom. The second kappa shape index (κ2) is 5.37. The first-order chi connectivity index (χ1) is 9.68. The first-order valence-electron chi connectivity index (χ1n) is 7.43. The summed E-state index contributed by atoms with van der Waals surface area (Å²) in [6, 6.07) is 10.3. The predicted octanol–water partition coefficient (Wildman–Crippen LogP) is 2.78. The number of para-hydroxylation sites is 1. The number of hydrogen-bond acceptors (Lipinski definition) is 3. The molecule has 0 bridgehead atoms. The molecule has 1 aromatic carbocycles. The first-order valence-corrected chi connectivity index (χ1v) is 7.43. The number of aromatic nitrogens is 3. The number of nitrogens with zero attached hydrogens (tertiary/aromatic N) is 3. The van der Waals surface area contributed by atoms with Gasteiger partial charge in [0.2, 0.25) is 0 Å². The number of aryl methyl sites for hydroxylation is 1. The molecule has 1 aromatic heterocycles. The van der Waals surface area contributed by atoms with Crippen LogP contribution in [-0.2, 0) is 6.42 Å². The van der Waals surface area contributed by atoms with E-state index in [0.29, 0.717) is 0 Å². The van der Waals surface area contributed by atoms with Crippen LogP contribution in [0.25, 0.3) is 5.69 Å². The third-order valence-electron chi connectivity index (χ3n) is 4.27. The summed E-state index contributed by atoms with van der Waals surface area (Å²) in [5, 5.41) is 8.61. The Hall–Kier alpha value is -1.68. The largest absolute Gasteiger partial charge is 0.325 e. The van der Waals surface area contributed by atoms with Gasteiger partial charge in [-0.15, -0.1) is 10.2 Å². The second-order valence-corrected chi connectivity index (χ2v) is 5.93. The van der Waals surface area contributed by atoms with Gasteiger partial charge < -0.3 is 5.73 Å². The molecule has 106 valence electrons. The molecule has 1 saturated carbocycles. The van der Waals surface area contributed by atoms with Crippen LogP contribution in [-0.4, -0.2) is 20.3 Å². The van der Waals surface area contributed by atoms with Gasteiger partial charge in [-0.3, -0.25) is 4.57 Å². The van der Waals surface area contributed by atoms with Gasteiger partial charge in [0.05, 0.1) is 0 Å². The standard InChI is InChI=1S/C16H22N4/c1-13-18-19-15(12-16(17)10-6-3-7-11-16)20(13)14-8-4-2-5-9-14/h2,4-5,8-9H,3,6-7,10-12,17H2,1H3. The molecule has 1 aliphatic carbocycles. The van der Waals surface area contributed by atoms with Crippen LogP contribution in [0.5, 0.6) is 0 Å². The van der Waals surface area contributed by atoms with Crippen molar-refractivity contribution < 1.29 is 0 Å². The molecule has 1 fully saturated rings. The normalized spacial score (nSPS) is 18.1. The summed E-state index contributed by atoms with van der Waals surface area (Å²) in [6.45, 7) is 1.99. The zero-order valence-corrected chi connectivity index (χ0v) is 12.0. The maximum absolute atomic E-state index is 6.57. The summed E-state index contributed by atoms with van der Waals surface area (Å²) in [4.78, 5) is 0. The van der Waals surface area contributed by atoms with E-state index in [9.17, 15) is 0 Å². The minimum atomic E-state index is -0.107. The van der Waals surface area contributed by atoms with Gasteiger partial charge in [-0.25, -0.2) is 0 Å². The van der Waals surface area contributed by atoms with E-state index in [1.807, 2.05) is 25.1 Å². The lowest BCUT2D eigenvalue weighted by Gasteiger charge is -2.33. The Bertz CT molecular complexity index is 567. The maximum Gasteiger partial charge on any atom is 0.139 e. The summed E-state index contributed by atoms with van der Waals surface area (Å²) in [7, 11) is 0. The van der Waals surface area contributed by atoms with Crippen LogP contribution in [0, 0.1) is 6.92 Å². The van der Waals surface area contributed by atoms with Gasteiger partial charge in [-0.05, 0) is 31.9 Å². The zero-order valence-electron chi connectivity index (χ0n) is 12.0. The molecule has 4 nitrogen and oxygen atoms in total. The van der Waals surface area contributed by atoms with Crippen molar-refractivity contribution >= 4 is 0 Å². The molecular formula is C16H22N4. The molecular weight excluding hydrogens is 248 g/mol. The Balaban J connectivity index is 1.91. The van der Waals surface area contributed by atoms with E-state index in [1.165, 1.54) is 19.3 Å². The van der Waals surface area contributed by atoms with Crippen LogP contribution < -0.4 is 5.73 Å². The molecule has 0 radical (unpaired) electrons. The molecule has 0 aliphatic heterocycles. The van der Waals surface area contributed by atoms with Gasteiger partial charge in [-0.1, -0.05) is 37.5 Å². The van der Waals surface area contributed by atoms with E-state index in [-0.39, 0.29) is 5.54 Å². The second-order valence-electron chi connectivity index (χ2n) is 5.93. The van der Waals surface area contributed by atoms with Gasteiger partial charge in [0.25, 0.3) is 0 Å². The topological polar surface area (TPSA) is 56.7 Å². The molecule has 0 spiro atoms. The zero-order chi connectivity index (χ0) is 14.0. The van der Waals surface area contributed by atoms with Crippen molar-refractivity contribution in [1.82, 2.24) is 14.8 Å². The molecule has 0 atom stereocenters. The van der Waals surface area contributed by atoms with E-state index < -0.39 is 0 Å². The van der Waals surface area contributed by atoms with Crippen LogP contribution in [0.3, 0.4) is 0 Å². The molecule has 0 amide bonds. The molecule has 0 unspecified atom stereocenters. The Kier molecular flexibility index (Phi) is 3.57. The van der Waals surface area contributed by atoms with Crippen LogP contribution in [0.15, 0.2) is 30.3 Å². The third-order valence-corrected chi connectivity index (χ3v) is 4.27. The lowest BCUT2D eigenvalue weighted by molar-refractivity contribution is 0.288. The van der Waals surface area contributed by atoms with Crippen LogP contribution in [0.1, 0.15) is 43.8 Å². The van der Waals surface area contributed by atoms with Crippen molar-refractivity contribution in [3.8, 4) is 5.69 Å². The van der Waals surface area contributed by atoms with Gasteiger partial charge in [0.15, 0.2) is 0 Å². The van der Waals surface area contributed by atoms with Gasteiger partial charge in [0, 0.05) is 17.6 Å². The molecule has 0 saturated heterocycles. The van der Waals surface area contributed by atoms with Crippen molar-refractivity contribution in [3.05, 3.63) is 42.0 Å². The molecule has 1 heterocycles. The quantitative estimate of drug-likeness (QED) is 0.933. The van der Waals surface area contributed by atoms with Gasteiger partial charge in [0.1, 0.15) is 11.6 Å². The molecule has 3 rings (SSSR count). The number of nitrogens with two attached hydrogens (primary N) is 1. The van der Waals surface area contributed by atoms with Crippen molar-refractivity contribution in [3.63, 3.8) is 0 Å². The number of hydrogen-bond donors (Lipinski definition) is 1. The maximum atomic E-state index is 6.57. The van der Waals surface area contributed by atoms with E-state index >= 15 is 0 Å². The van der Waals surface area contributed by atoms with Crippen molar-refractivity contribution in [2.45, 2.75) is 51.0 Å². The summed E-state index contributed by atoms with van der Waals surface area (Å²) in [5.41, 5.74) is 7.57. The molecule has 4 heteroatoms. The van der Waals surface area contributed by atoms with Crippen LogP contribution in [0.2, 0.25) is 0 Å².